The van der Waals surface area contributed by atoms with Crippen molar-refractivity contribution in [2.75, 3.05) is 5.32 Å². The molecule has 174 valence electrons. The number of ketones is 1. The fourth-order valence-corrected chi connectivity index (χ4v) is 6.14. The lowest BCUT2D eigenvalue weighted by atomic mass is 9.73. The number of aromatic nitrogens is 2. The van der Waals surface area contributed by atoms with Gasteiger partial charge in [-0.1, -0.05) is 36.4 Å². The first kappa shape index (κ1) is 21.6. The Bertz CT molecular complexity index is 1470. The van der Waals surface area contributed by atoms with Gasteiger partial charge in [0.15, 0.2) is 5.78 Å². The smallest absolute Gasteiger partial charge is 0.335 e. The van der Waals surface area contributed by atoms with Gasteiger partial charge in [0.05, 0.1) is 16.9 Å². The van der Waals surface area contributed by atoms with E-state index in [4.69, 9.17) is 5.10 Å². The van der Waals surface area contributed by atoms with Gasteiger partial charge in [-0.15, -0.1) is 11.3 Å². The number of thiophene rings is 1. The van der Waals surface area contributed by atoms with Crippen molar-refractivity contribution in [3.05, 3.63) is 111 Å². The zero-order valence-corrected chi connectivity index (χ0v) is 19.9. The number of nitrogens with zero attached hydrogens (tertiary/aromatic N) is 2. The second-order valence-corrected chi connectivity index (χ2v) is 10.00. The van der Waals surface area contributed by atoms with E-state index in [2.05, 4.69) is 16.8 Å². The number of carbonyl (C=O) groups excluding carboxylic acids is 1. The van der Waals surface area contributed by atoms with E-state index in [0.29, 0.717) is 6.42 Å². The van der Waals surface area contributed by atoms with Gasteiger partial charge in [-0.25, -0.2) is 9.48 Å². The number of para-hydroxylation sites is 1. The van der Waals surface area contributed by atoms with E-state index in [1.165, 1.54) is 4.88 Å². The summed E-state index contributed by atoms with van der Waals surface area (Å²) in [5.41, 5.74) is 5.54. The maximum atomic E-state index is 13.7. The molecule has 0 bridgehead atoms. The topological polar surface area (TPSA) is 84.2 Å². The number of carbonyl (C=O) groups is 2. The van der Waals surface area contributed by atoms with Crippen molar-refractivity contribution < 1.29 is 14.7 Å². The van der Waals surface area contributed by atoms with Crippen LogP contribution in [0.3, 0.4) is 0 Å². The van der Waals surface area contributed by atoms with Crippen LogP contribution in [0.1, 0.15) is 56.7 Å². The number of hydrogen-bond acceptors (Lipinski definition) is 5. The predicted molar refractivity (Wildman–Crippen MR) is 135 cm³/mol. The second-order valence-electron chi connectivity index (χ2n) is 9.02. The Labute approximate surface area is 206 Å². The molecule has 4 aromatic rings. The summed E-state index contributed by atoms with van der Waals surface area (Å²) in [5, 5.41) is 19.9. The molecule has 6 rings (SSSR count). The number of nitrogens with one attached hydrogen (secondary N) is 1. The summed E-state index contributed by atoms with van der Waals surface area (Å²) < 4.78 is 1.91. The number of rotatable bonds is 4. The molecule has 3 heterocycles. The molecule has 0 amide bonds. The third kappa shape index (κ3) is 3.59. The number of Topliss-reactive ketones (excluding diaryl/α,β-unsaturated/α-hetero) is 1. The van der Waals surface area contributed by atoms with Crippen molar-refractivity contribution in [3.63, 3.8) is 0 Å². The van der Waals surface area contributed by atoms with Crippen LogP contribution in [0.25, 0.3) is 5.69 Å². The summed E-state index contributed by atoms with van der Waals surface area (Å²) >= 11 is 1.69. The van der Waals surface area contributed by atoms with Gasteiger partial charge in [0, 0.05) is 40.0 Å². The first-order valence-corrected chi connectivity index (χ1v) is 12.4. The summed E-state index contributed by atoms with van der Waals surface area (Å²) in [5.74, 6) is -0.151. The van der Waals surface area contributed by atoms with Crippen molar-refractivity contribution in [2.24, 2.45) is 0 Å². The van der Waals surface area contributed by atoms with Crippen LogP contribution in [0.15, 0.2) is 83.4 Å². The lowest BCUT2D eigenvalue weighted by Crippen LogP contribution is -2.30. The molecule has 1 aliphatic heterocycles. The highest BCUT2D eigenvalue weighted by atomic mass is 32.1. The summed E-state index contributed by atoms with van der Waals surface area (Å²) in [6.07, 6.45) is 1.20. The predicted octanol–water partition coefficient (Wildman–Crippen LogP) is 5.90. The fourth-order valence-electron chi connectivity index (χ4n) is 5.31. The molecule has 0 saturated carbocycles. The van der Waals surface area contributed by atoms with Crippen LogP contribution >= 0.6 is 11.3 Å². The van der Waals surface area contributed by atoms with Crippen LogP contribution in [-0.4, -0.2) is 26.6 Å². The Morgan fingerprint density at radius 3 is 2.51 bits per heavy atom. The first-order valence-electron chi connectivity index (χ1n) is 11.6. The molecule has 1 aliphatic carbocycles. The Morgan fingerprint density at radius 1 is 1.06 bits per heavy atom. The maximum absolute atomic E-state index is 13.7. The number of hydrogen-bond donors (Lipinski definition) is 2. The lowest BCUT2D eigenvalue weighted by molar-refractivity contribution is -0.116. The van der Waals surface area contributed by atoms with Gasteiger partial charge in [0.2, 0.25) is 0 Å². The van der Waals surface area contributed by atoms with E-state index in [1.807, 2.05) is 60.1 Å². The number of carboxylic acid groups (broad SMARTS) is 1. The average Bonchev–Trinajstić information content (AvgIpc) is 3.52. The van der Waals surface area contributed by atoms with Gasteiger partial charge in [0.1, 0.15) is 5.82 Å². The van der Waals surface area contributed by atoms with Crippen LogP contribution < -0.4 is 5.32 Å². The molecule has 2 aromatic carbocycles. The van der Waals surface area contributed by atoms with Crippen LogP contribution in [0.4, 0.5) is 5.82 Å². The minimum atomic E-state index is -0.969. The quantitative estimate of drug-likeness (QED) is 0.379. The highest BCUT2D eigenvalue weighted by Gasteiger charge is 2.41. The Morgan fingerprint density at radius 2 is 1.83 bits per heavy atom. The number of benzene rings is 2. The second kappa shape index (κ2) is 8.36. The van der Waals surface area contributed by atoms with Gasteiger partial charge in [-0.05, 0) is 54.6 Å². The minimum Gasteiger partial charge on any atom is -0.478 e. The van der Waals surface area contributed by atoms with Gasteiger partial charge < -0.3 is 10.4 Å². The molecule has 2 aromatic heterocycles. The molecule has 6 nitrogen and oxygen atoms in total. The number of anilines is 1. The van der Waals surface area contributed by atoms with E-state index in [0.717, 1.165) is 46.0 Å². The van der Waals surface area contributed by atoms with Crippen molar-refractivity contribution in [2.45, 2.75) is 31.6 Å². The summed E-state index contributed by atoms with van der Waals surface area (Å²) in [4.78, 5) is 26.3. The third-order valence-corrected chi connectivity index (χ3v) is 7.93. The lowest BCUT2D eigenvalue weighted by Gasteiger charge is -2.35. The standard InChI is InChI=1S/C28H23N3O3S/c1-16-24-25(17-9-11-18(12-10-17)28(33)34)26-21(14-19(15-22(26)32)23-8-5-13-35-23)29-27(24)31(30-16)20-6-3-2-4-7-20/h2-13,19,25,29H,14-15H2,1H3,(H,33,34)/t19-,25+/m0/s1. The van der Waals surface area contributed by atoms with Crippen molar-refractivity contribution in [1.29, 1.82) is 0 Å². The third-order valence-electron chi connectivity index (χ3n) is 6.90. The van der Waals surface area contributed by atoms with Gasteiger partial charge in [-0.2, -0.15) is 5.10 Å². The van der Waals surface area contributed by atoms with E-state index >= 15 is 0 Å². The van der Waals surface area contributed by atoms with E-state index in [1.54, 1.807) is 23.5 Å². The minimum absolute atomic E-state index is 0.127. The number of fused-ring (bicyclic) bond motifs is 1. The molecule has 7 heteroatoms. The summed E-state index contributed by atoms with van der Waals surface area (Å²) in [6.45, 7) is 1.96. The van der Waals surface area contributed by atoms with Crippen LogP contribution in [-0.2, 0) is 4.79 Å². The van der Waals surface area contributed by atoms with Gasteiger partial charge in [0.25, 0.3) is 0 Å². The molecular formula is C28H23N3O3S. The van der Waals surface area contributed by atoms with Crippen molar-refractivity contribution in [1.82, 2.24) is 9.78 Å². The van der Waals surface area contributed by atoms with Gasteiger partial charge >= 0.3 is 5.97 Å². The first-order chi connectivity index (χ1) is 17.0. The van der Waals surface area contributed by atoms with Gasteiger partial charge in [-0.3, -0.25) is 4.79 Å². The Balaban J connectivity index is 1.53. The molecule has 2 atom stereocenters. The SMILES string of the molecule is Cc1nn(-c2ccccc2)c2c1[C@@H](c1ccc(C(=O)O)cc1)C1=C(C[C@H](c3cccs3)CC1=O)N2. The monoisotopic (exact) mass is 481 g/mol. The zero-order valence-electron chi connectivity index (χ0n) is 19.1. The Kier molecular flexibility index (Phi) is 5.15. The molecular weight excluding hydrogens is 458 g/mol. The molecule has 2 N–H and O–H groups in total. The van der Waals surface area contributed by atoms with Crippen molar-refractivity contribution >= 4 is 28.9 Å². The summed E-state index contributed by atoms with van der Waals surface area (Å²) in [6, 6.07) is 20.9. The molecule has 0 unspecified atom stereocenters. The maximum Gasteiger partial charge on any atom is 0.335 e. The summed E-state index contributed by atoms with van der Waals surface area (Å²) in [7, 11) is 0. The van der Waals surface area contributed by atoms with E-state index in [9.17, 15) is 14.7 Å². The van der Waals surface area contributed by atoms with Crippen molar-refractivity contribution in [3.8, 4) is 5.69 Å². The molecule has 35 heavy (non-hydrogen) atoms. The van der Waals surface area contributed by atoms with Crippen LogP contribution in [0, 0.1) is 6.92 Å². The molecule has 0 radical (unpaired) electrons. The van der Waals surface area contributed by atoms with E-state index < -0.39 is 5.97 Å². The van der Waals surface area contributed by atoms with Crippen LogP contribution in [0.2, 0.25) is 0 Å². The highest BCUT2D eigenvalue weighted by Crippen LogP contribution is 2.49. The number of aryl methyl sites for hydroxylation is 1. The number of carboxylic acids is 1. The zero-order chi connectivity index (χ0) is 24.1. The number of allylic oxidation sites excluding steroid dienone is 2. The molecule has 0 spiro atoms. The molecule has 2 aliphatic rings. The fraction of sp³-hybridized carbons (Fsp3) is 0.179. The Hall–Kier alpha value is -3.97. The average molecular weight is 482 g/mol. The molecule has 0 fully saturated rings. The largest absolute Gasteiger partial charge is 0.478 e. The molecule has 0 saturated heterocycles. The van der Waals surface area contributed by atoms with Crippen LogP contribution in [0.5, 0.6) is 0 Å². The highest BCUT2D eigenvalue weighted by molar-refractivity contribution is 7.10. The number of aromatic carboxylic acids is 1. The van der Waals surface area contributed by atoms with E-state index in [-0.39, 0.29) is 23.2 Å². The normalized spacial score (nSPS) is 19.2.